The van der Waals surface area contributed by atoms with Gasteiger partial charge in [0.15, 0.2) is 5.75 Å². The van der Waals surface area contributed by atoms with Gasteiger partial charge in [-0.25, -0.2) is 8.42 Å². The molecule has 3 aromatic carbocycles. The molecule has 2 saturated heterocycles. The minimum absolute atomic E-state index is 0.0104. The molecule has 1 N–H and O–H groups in total. The van der Waals surface area contributed by atoms with Crippen LogP contribution in [-0.2, 0) is 19.6 Å². The molecule has 0 unspecified atom stereocenters. The molecule has 0 spiro atoms. The number of benzene rings is 3. The third-order valence-corrected chi connectivity index (χ3v) is 10.3. The zero-order valence-electron chi connectivity index (χ0n) is 22.7. The average Bonchev–Trinajstić information content (AvgIpc) is 2.99. The summed E-state index contributed by atoms with van der Waals surface area (Å²) in [6.45, 7) is 1.60. The molecule has 0 saturated carbocycles. The predicted octanol–water partition coefficient (Wildman–Crippen LogP) is 6.96. The van der Waals surface area contributed by atoms with Crippen LogP contribution in [0, 0.1) is 0 Å². The highest BCUT2D eigenvalue weighted by molar-refractivity contribution is 7.89. The molecule has 42 heavy (non-hydrogen) atoms. The first kappa shape index (κ1) is 30.6. The van der Waals surface area contributed by atoms with Gasteiger partial charge in [0.25, 0.3) is 0 Å². The van der Waals surface area contributed by atoms with Crippen molar-refractivity contribution in [1.82, 2.24) is 9.21 Å². The number of nitrogens with zero attached hydrogens (tertiary/aromatic N) is 2. The monoisotopic (exact) mass is 649 g/mol. The van der Waals surface area contributed by atoms with Gasteiger partial charge in [-0.2, -0.15) is 4.31 Å². The van der Waals surface area contributed by atoms with E-state index < -0.39 is 21.8 Å². The number of amides is 2. The standard InChI is InChI=1S/C30H30Cl3N3O5S/c31-21-4-7-23(8-5-21)41-28-11-9-24(42(39,40)36-14-2-1-3-15-36)19-27(28)34-29(37)30(38)35-16-12-20(13-17-35)25-10-6-22(32)18-26(25)33/h4-11,18-20H,1-3,12-17H2,(H,34,37). The Labute approximate surface area is 260 Å². The van der Waals surface area contributed by atoms with Crippen molar-refractivity contribution in [3.05, 3.63) is 81.3 Å². The third kappa shape index (κ3) is 7.03. The fraction of sp³-hybridized carbons (Fsp3) is 0.333. The molecule has 2 heterocycles. The normalized spacial score (nSPS) is 16.7. The van der Waals surface area contributed by atoms with Crippen molar-refractivity contribution in [2.75, 3.05) is 31.5 Å². The fourth-order valence-corrected chi connectivity index (χ4v) is 7.52. The maximum atomic E-state index is 13.4. The first-order chi connectivity index (χ1) is 20.1. The van der Waals surface area contributed by atoms with Crippen LogP contribution in [0.15, 0.2) is 65.6 Å². The number of piperidine rings is 2. The number of carbonyl (C=O) groups is 2. The summed E-state index contributed by atoms with van der Waals surface area (Å²) in [5.41, 5.74) is 1.04. The van der Waals surface area contributed by atoms with E-state index in [4.69, 9.17) is 39.5 Å². The number of carbonyl (C=O) groups excluding carboxylic acids is 2. The van der Waals surface area contributed by atoms with Crippen molar-refractivity contribution in [2.24, 2.45) is 0 Å². The highest BCUT2D eigenvalue weighted by atomic mass is 35.5. The molecule has 3 aromatic rings. The first-order valence-electron chi connectivity index (χ1n) is 13.7. The van der Waals surface area contributed by atoms with Gasteiger partial charge in [-0.15, -0.1) is 0 Å². The number of hydrogen-bond donors (Lipinski definition) is 1. The Kier molecular flexibility index (Phi) is 9.64. The number of anilines is 1. The first-order valence-corrected chi connectivity index (χ1v) is 16.3. The van der Waals surface area contributed by atoms with Crippen LogP contribution >= 0.6 is 34.8 Å². The van der Waals surface area contributed by atoms with Gasteiger partial charge in [-0.3, -0.25) is 9.59 Å². The van der Waals surface area contributed by atoms with Crippen molar-refractivity contribution < 1.29 is 22.7 Å². The molecular weight excluding hydrogens is 621 g/mol. The molecule has 2 aliphatic rings. The average molecular weight is 651 g/mol. The third-order valence-electron chi connectivity index (χ3n) is 7.57. The van der Waals surface area contributed by atoms with Gasteiger partial charge < -0.3 is 15.0 Å². The minimum Gasteiger partial charge on any atom is -0.455 e. The van der Waals surface area contributed by atoms with Crippen LogP contribution in [0.3, 0.4) is 0 Å². The number of halogens is 3. The van der Waals surface area contributed by atoms with E-state index in [-0.39, 0.29) is 22.3 Å². The maximum absolute atomic E-state index is 13.4. The van der Waals surface area contributed by atoms with Crippen LogP contribution in [-0.4, -0.2) is 55.6 Å². The van der Waals surface area contributed by atoms with Crippen molar-refractivity contribution >= 4 is 62.3 Å². The number of rotatable bonds is 6. The molecular formula is C30H30Cl3N3O5S. The van der Waals surface area contributed by atoms with Gasteiger partial charge in [-0.1, -0.05) is 47.3 Å². The predicted molar refractivity (Wildman–Crippen MR) is 164 cm³/mol. The highest BCUT2D eigenvalue weighted by Crippen LogP contribution is 2.36. The quantitative estimate of drug-likeness (QED) is 0.291. The van der Waals surface area contributed by atoms with E-state index in [9.17, 15) is 18.0 Å². The highest BCUT2D eigenvalue weighted by Gasteiger charge is 2.31. The Morgan fingerprint density at radius 2 is 1.48 bits per heavy atom. The molecule has 8 nitrogen and oxygen atoms in total. The van der Waals surface area contributed by atoms with E-state index in [0.29, 0.717) is 59.8 Å². The molecule has 222 valence electrons. The second-order valence-corrected chi connectivity index (χ2v) is 13.6. The van der Waals surface area contributed by atoms with Gasteiger partial charge in [-0.05, 0) is 91.8 Å². The van der Waals surface area contributed by atoms with Crippen LogP contribution in [0.1, 0.15) is 43.6 Å². The van der Waals surface area contributed by atoms with E-state index in [0.717, 1.165) is 24.8 Å². The summed E-state index contributed by atoms with van der Waals surface area (Å²) >= 11 is 18.4. The number of hydrogen-bond acceptors (Lipinski definition) is 5. The van der Waals surface area contributed by atoms with Gasteiger partial charge in [0.05, 0.1) is 10.6 Å². The summed E-state index contributed by atoms with van der Waals surface area (Å²) in [7, 11) is -3.80. The number of ether oxygens (including phenoxy) is 1. The van der Waals surface area contributed by atoms with Crippen LogP contribution in [0.2, 0.25) is 15.1 Å². The van der Waals surface area contributed by atoms with Crippen molar-refractivity contribution in [3.63, 3.8) is 0 Å². The van der Waals surface area contributed by atoms with Gasteiger partial charge in [0.2, 0.25) is 10.0 Å². The van der Waals surface area contributed by atoms with Crippen LogP contribution in [0.5, 0.6) is 11.5 Å². The van der Waals surface area contributed by atoms with Crippen molar-refractivity contribution in [1.29, 1.82) is 0 Å². The van der Waals surface area contributed by atoms with Crippen LogP contribution in [0.25, 0.3) is 0 Å². The Bertz CT molecular complexity index is 1570. The van der Waals surface area contributed by atoms with Gasteiger partial charge in [0.1, 0.15) is 5.75 Å². The smallest absolute Gasteiger partial charge is 0.314 e. The Hall–Kier alpha value is -2.82. The Morgan fingerprint density at radius 1 is 0.810 bits per heavy atom. The van der Waals surface area contributed by atoms with E-state index in [1.165, 1.54) is 27.4 Å². The lowest BCUT2D eigenvalue weighted by atomic mass is 9.89. The van der Waals surface area contributed by atoms with Crippen molar-refractivity contribution in [2.45, 2.75) is 42.9 Å². The number of nitrogens with one attached hydrogen (secondary N) is 1. The summed E-state index contributed by atoms with van der Waals surface area (Å²) in [6, 6.07) is 16.2. The molecule has 2 fully saturated rings. The summed E-state index contributed by atoms with van der Waals surface area (Å²) < 4.78 is 34.1. The fourth-order valence-electron chi connectivity index (χ4n) is 5.29. The van der Waals surface area contributed by atoms with Crippen molar-refractivity contribution in [3.8, 4) is 11.5 Å². The second-order valence-electron chi connectivity index (χ2n) is 10.4. The molecule has 12 heteroatoms. The van der Waals surface area contributed by atoms with Gasteiger partial charge in [0, 0.05) is 41.2 Å². The van der Waals surface area contributed by atoms with Gasteiger partial charge >= 0.3 is 11.8 Å². The van der Waals surface area contributed by atoms with E-state index in [1.807, 2.05) is 6.07 Å². The minimum atomic E-state index is -3.80. The van der Waals surface area contributed by atoms with E-state index in [2.05, 4.69) is 5.32 Å². The number of sulfonamides is 1. The summed E-state index contributed by atoms with van der Waals surface area (Å²) in [5.74, 6) is -0.843. The summed E-state index contributed by atoms with van der Waals surface area (Å²) in [4.78, 5) is 27.9. The largest absolute Gasteiger partial charge is 0.455 e. The maximum Gasteiger partial charge on any atom is 0.314 e. The topological polar surface area (TPSA) is 96.0 Å². The molecule has 0 aromatic heterocycles. The van der Waals surface area contributed by atoms with E-state index in [1.54, 1.807) is 36.4 Å². The molecule has 5 rings (SSSR count). The molecule has 0 aliphatic carbocycles. The number of likely N-dealkylation sites (tertiary alicyclic amines) is 1. The van der Waals surface area contributed by atoms with Crippen LogP contribution in [0.4, 0.5) is 5.69 Å². The zero-order chi connectivity index (χ0) is 29.9. The second kappa shape index (κ2) is 13.2. The Morgan fingerprint density at radius 3 is 2.14 bits per heavy atom. The lowest BCUT2D eigenvalue weighted by molar-refractivity contribution is -0.143. The summed E-state index contributed by atoms with van der Waals surface area (Å²) in [5, 5.41) is 4.27. The molecule has 2 aliphatic heterocycles. The molecule has 0 radical (unpaired) electrons. The molecule has 0 atom stereocenters. The zero-order valence-corrected chi connectivity index (χ0v) is 25.8. The SMILES string of the molecule is O=C(Nc1cc(S(=O)(=O)N2CCCCC2)ccc1Oc1ccc(Cl)cc1)C(=O)N1CCC(c2ccc(Cl)cc2Cl)CC1. The lowest BCUT2D eigenvalue weighted by Crippen LogP contribution is -2.43. The molecule has 2 amide bonds. The summed E-state index contributed by atoms with van der Waals surface area (Å²) in [6.07, 6.45) is 3.82. The van der Waals surface area contributed by atoms with E-state index >= 15 is 0 Å². The molecule has 0 bridgehead atoms. The lowest BCUT2D eigenvalue weighted by Gasteiger charge is -2.32. The Balaban J connectivity index is 1.34. The van der Waals surface area contributed by atoms with Crippen LogP contribution < -0.4 is 10.1 Å².